The van der Waals surface area contributed by atoms with E-state index in [-0.39, 0.29) is 6.04 Å². The number of ketones is 1. The molecule has 0 saturated carbocycles. The van der Waals surface area contributed by atoms with Gasteiger partial charge in [-0.2, -0.15) is 7.05 Å². The Bertz CT molecular complexity index is 111. The molecule has 1 aliphatic heterocycles. The number of hydrogen-bond donors (Lipinski definition) is 1. The summed E-state index contributed by atoms with van der Waals surface area (Å²) < 4.78 is 0. The fourth-order valence-electron chi connectivity index (χ4n) is 0.944. The van der Waals surface area contributed by atoms with E-state index in [1.165, 1.54) is 0 Å². The van der Waals surface area contributed by atoms with Crippen molar-refractivity contribution in [3.63, 3.8) is 0 Å². The molecule has 0 aromatic heterocycles. The van der Waals surface area contributed by atoms with E-state index >= 15 is 0 Å². The third-order valence-electron chi connectivity index (χ3n) is 1.79. The van der Waals surface area contributed by atoms with Gasteiger partial charge in [-0.3, -0.25) is 4.79 Å². The molecular formula is C6H11NO. The van der Waals surface area contributed by atoms with Crippen LogP contribution in [0.15, 0.2) is 0 Å². The van der Waals surface area contributed by atoms with Crippen molar-refractivity contribution in [3.8, 4) is 0 Å². The van der Waals surface area contributed by atoms with Gasteiger partial charge in [0.15, 0.2) is 5.78 Å². The van der Waals surface area contributed by atoms with Gasteiger partial charge in [-0.25, -0.2) is 0 Å². The van der Waals surface area contributed by atoms with Gasteiger partial charge in [-0.05, 0) is 6.92 Å². The quantitative estimate of drug-likeness (QED) is 0.401. The second-order valence-electron chi connectivity index (χ2n) is 2.35. The second kappa shape index (κ2) is 1.86. The Hall–Kier alpha value is -0.370. The van der Waals surface area contributed by atoms with Crippen molar-refractivity contribution >= 4 is 5.78 Å². The van der Waals surface area contributed by atoms with Crippen LogP contribution in [0, 0.1) is 7.05 Å². The highest BCUT2D eigenvalue weighted by atomic mass is 16.1. The maximum Gasteiger partial charge on any atom is 0.192 e. The van der Waals surface area contributed by atoms with Gasteiger partial charge >= 0.3 is 0 Å². The zero-order valence-corrected chi connectivity index (χ0v) is 5.11. The molecule has 0 aromatic carbocycles. The number of rotatable bonds is 0. The molecule has 2 nitrogen and oxygen atoms in total. The second-order valence-corrected chi connectivity index (χ2v) is 2.35. The van der Waals surface area contributed by atoms with Crippen LogP contribution < -0.4 is 4.90 Å². The van der Waals surface area contributed by atoms with Crippen LogP contribution in [0.4, 0.5) is 0 Å². The molecule has 46 valence electrons. The van der Waals surface area contributed by atoms with Crippen LogP contribution in [0.5, 0.6) is 0 Å². The smallest absolute Gasteiger partial charge is 0.192 e. The van der Waals surface area contributed by atoms with E-state index in [1.54, 1.807) is 0 Å². The zero-order chi connectivity index (χ0) is 6.15. The fraction of sp³-hybridized carbons (Fsp3) is 0.667. The van der Waals surface area contributed by atoms with Crippen LogP contribution in [-0.2, 0) is 4.79 Å². The molecule has 1 fully saturated rings. The summed E-state index contributed by atoms with van der Waals surface area (Å²) in [7, 11) is 3.76. The average molecular weight is 113 g/mol. The Morgan fingerprint density at radius 1 is 1.88 bits per heavy atom. The first kappa shape index (κ1) is 5.76. The number of likely N-dealkylation sites (tertiary alicyclic amines) is 1. The predicted molar refractivity (Wildman–Crippen MR) is 30.3 cm³/mol. The van der Waals surface area contributed by atoms with Gasteiger partial charge in [-0.15, -0.1) is 0 Å². The molecule has 0 radical (unpaired) electrons. The Balaban J connectivity index is 2.56. The first-order chi connectivity index (χ1) is 3.72. The monoisotopic (exact) mass is 113 g/mol. The standard InChI is InChI=1S/C6H11NO/c1-5-6(8)3-4-7(5)2/h5,7H,2-4H2,1H3/t5-/m0/s1. The summed E-state index contributed by atoms with van der Waals surface area (Å²) in [5, 5.41) is 0. The van der Waals surface area contributed by atoms with Crippen molar-refractivity contribution < 1.29 is 9.69 Å². The first-order valence-electron chi connectivity index (χ1n) is 2.92. The van der Waals surface area contributed by atoms with E-state index in [0.717, 1.165) is 17.9 Å². The van der Waals surface area contributed by atoms with Gasteiger partial charge < -0.3 is 4.90 Å². The van der Waals surface area contributed by atoms with Crippen molar-refractivity contribution in [2.24, 2.45) is 0 Å². The molecule has 8 heavy (non-hydrogen) atoms. The molecule has 2 atom stereocenters. The molecule has 1 aliphatic rings. The van der Waals surface area contributed by atoms with Crippen molar-refractivity contribution in [2.75, 3.05) is 6.54 Å². The van der Waals surface area contributed by atoms with Gasteiger partial charge in [-0.1, -0.05) is 0 Å². The SMILES string of the molecule is [CH2-][NH+]1CCC(=O)[C@@H]1C. The Morgan fingerprint density at radius 2 is 2.50 bits per heavy atom. The van der Waals surface area contributed by atoms with E-state index in [0.29, 0.717) is 5.78 Å². The van der Waals surface area contributed by atoms with Gasteiger partial charge in [0.2, 0.25) is 0 Å². The van der Waals surface area contributed by atoms with Gasteiger partial charge in [0.1, 0.15) is 6.04 Å². The van der Waals surface area contributed by atoms with Crippen molar-refractivity contribution in [3.05, 3.63) is 7.05 Å². The van der Waals surface area contributed by atoms with E-state index in [4.69, 9.17) is 0 Å². The van der Waals surface area contributed by atoms with Crippen LogP contribution in [0.3, 0.4) is 0 Å². The molecule has 1 heterocycles. The molecule has 1 unspecified atom stereocenters. The third-order valence-corrected chi connectivity index (χ3v) is 1.79. The largest absolute Gasteiger partial charge is 0.459 e. The summed E-state index contributed by atoms with van der Waals surface area (Å²) in [5.74, 6) is 0.356. The predicted octanol–water partition coefficient (Wildman–Crippen LogP) is -0.976. The van der Waals surface area contributed by atoms with E-state index in [9.17, 15) is 4.79 Å². The highest BCUT2D eigenvalue weighted by Gasteiger charge is 2.24. The summed E-state index contributed by atoms with van der Waals surface area (Å²) in [6.45, 7) is 2.84. The Kier molecular flexibility index (Phi) is 1.34. The molecule has 0 aliphatic carbocycles. The Morgan fingerprint density at radius 3 is 2.62 bits per heavy atom. The lowest BCUT2D eigenvalue weighted by molar-refractivity contribution is -0.858. The number of hydrogen-bond acceptors (Lipinski definition) is 1. The molecular weight excluding hydrogens is 102 g/mol. The van der Waals surface area contributed by atoms with Gasteiger partial charge in [0.25, 0.3) is 0 Å². The van der Waals surface area contributed by atoms with Crippen LogP contribution in [0.1, 0.15) is 13.3 Å². The topological polar surface area (TPSA) is 21.5 Å². The minimum Gasteiger partial charge on any atom is -0.459 e. The summed E-state index contributed by atoms with van der Waals surface area (Å²) in [5.41, 5.74) is 0. The lowest BCUT2D eigenvalue weighted by Crippen LogP contribution is -3.08. The van der Waals surface area contributed by atoms with Gasteiger partial charge in [0.05, 0.1) is 13.0 Å². The van der Waals surface area contributed by atoms with Crippen LogP contribution in [0.2, 0.25) is 0 Å². The van der Waals surface area contributed by atoms with E-state index in [1.807, 2.05) is 6.92 Å². The summed E-state index contributed by atoms with van der Waals surface area (Å²) in [6, 6.07) is 0.148. The number of quaternary nitrogens is 1. The highest BCUT2D eigenvalue weighted by molar-refractivity contribution is 5.83. The van der Waals surface area contributed by atoms with Crippen LogP contribution >= 0.6 is 0 Å². The molecule has 0 bridgehead atoms. The maximum atomic E-state index is 10.7. The molecule has 0 aromatic rings. The summed E-state index contributed by atoms with van der Waals surface area (Å²) >= 11 is 0. The van der Waals surface area contributed by atoms with Crippen LogP contribution in [0.25, 0.3) is 0 Å². The molecule has 0 spiro atoms. The molecule has 1 rings (SSSR count). The summed E-state index contributed by atoms with van der Waals surface area (Å²) in [4.78, 5) is 11.8. The molecule has 0 amide bonds. The maximum absolute atomic E-state index is 10.7. The van der Waals surface area contributed by atoms with Crippen LogP contribution in [-0.4, -0.2) is 18.4 Å². The third kappa shape index (κ3) is 0.757. The lowest BCUT2D eigenvalue weighted by atomic mass is 10.2. The molecule has 1 saturated heterocycles. The van der Waals surface area contributed by atoms with Crippen molar-refractivity contribution in [1.82, 2.24) is 0 Å². The first-order valence-corrected chi connectivity index (χ1v) is 2.92. The van der Waals surface area contributed by atoms with E-state index < -0.39 is 0 Å². The zero-order valence-electron chi connectivity index (χ0n) is 5.11. The van der Waals surface area contributed by atoms with Crippen molar-refractivity contribution in [1.29, 1.82) is 0 Å². The fourth-order valence-corrected chi connectivity index (χ4v) is 0.944. The van der Waals surface area contributed by atoms with Crippen molar-refractivity contribution in [2.45, 2.75) is 19.4 Å². The molecule has 2 heteroatoms. The summed E-state index contributed by atoms with van der Waals surface area (Å²) in [6.07, 6.45) is 0.722. The number of carbonyl (C=O) groups is 1. The minimum atomic E-state index is 0.148. The van der Waals surface area contributed by atoms with Gasteiger partial charge in [0, 0.05) is 0 Å². The highest BCUT2D eigenvalue weighted by Crippen LogP contribution is 1.91. The number of nitrogens with one attached hydrogen (secondary N) is 1. The normalized spacial score (nSPS) is 38.5. The number of carbonyl (C=O) groups excluding carboxylic acids is 1. The minimum absolute atomic E-state index is 0.148. The average Bonchev–Trinajstić information content (AvgIpc) is 1.98. The molecule has 1 N–H and O–H groups in total. The lowest BCUT2D eigenvalue weighted by Gasteiger charge is -2.16. The Labute approximate surface area is 49.5 Å². The van der Waals surface area contributed by atoms with E-state index in [2.05, 4.69) is 7.05 Å². The number of Topliss-reactive ketones (excluding diaryl/α,β-unsaturated/α-hetero) is 1.